The number of aryl methyl sites for hydroxylation is 4. The molecule has 2 aromatic carbocycles. The summed E-state index contributed by atoms with van der Waals surface area (Å²) in [5.41, 5.74) is 5.01. The highest BCUT2D eigenvalue weighted by Gasteiger charge is 2.13. The lowest BCUT2D eigenvalue weighted by atomic mass is 9.99. The first kappa shape index (κ1) is 23.1. The van der Waals surface area contributed by atoms with Gasteiger partial charge in [-0.15, -0.1) is 0 Å². The van der Waals surface area contributed by atoms with E-state index in [0.29, 0.717) is 22.6 Å². The molecule has 0 atom stereocenters. The van der Waals surface area contributed by atoms with Crippen molar-refractivity contribution in [1.29, 1.82) is 0 Å². The molecule has 0 aliphatic carbocycles. The minimum absolute atomic E-state index is 0.369. The number of hydrogen-bond donors (Lipinski definition) is 0. The van der Waals surface area contributed by atoms with Crippen molar-refractivity contribution >= 4 is 11.9 Å². The number of benzene rings is 2. The summed E-state index contributed by atoms with van der Waals surface area (Å²) in [7, 11) is 0. The minimum atomic E-state index is -0.419. The quantitative estimate of drug-likeness (QED) is 0.311. The zero-order valence-electron chi connectivity index (χ0n) is 18.3. The summed E-state index contributed by atoms with van der Waals surface area (Å²) in [5, 5.41) is 0. The topological polar surface area (TPSA) is 52.6 Å². The Labute approximate surface area is 179 Å². The lowest BCUT2D eigenvalue weighted by Crippen LogP contribution is -2.11. The maximum atomic E-state index is 12.0. The summed E-state index contributed by atoms with van der Waals surface area (Å²) in [5.74, 6) is 0.302. The van der Waals surface area contributed by atoms with E-state index in [2.05, 4.69) is 32.2 Å². The number of ether oxygens (including phenoxy) is 2. The van der Waals surface area contributed by atoms with Crippen molar-refractivity contribution in [3.05, 3.63) is 83.0 Å². The van der Waals surface area contributed by atoms with Gasteiger partial charge in [0.25, 0.3) is 0 Å². The first-order valence-electron chi connectivity index (χ1n) is 10.2. The molecule has 0 saturated carbocycles. The van der Waals surface area contributed by atoms with Crippen molar-refractivity contribution in [2.45, 2.75) is 53.4 Å². The van der Waals surface area contributed by atoms with Crippen molar-refractivity contribution in [2.75, 3.05) is 0 Å². The molecular weight excluding hydrogens is 376 g/mol. The SMILES string of the molecule is C=C(C)C(=O)Oc1ccc(CCc2cc(CC)ccc2OC(=O)C(=C)C)cc1CC. The van der Waals surface area contributed by atoms with Gasteiger partial charge in [0.1, 0.15) is 11.5 Å². The molecule has 0 spiro atoms. The molecule has 0 saturated heterocycles. The normalized spacial score (nSPS) is 10.4. The first-order chi connectivity index (χ1) is 14.2. The van der Waals surface area contributed by atoms with Gasteiger partial charge in [0.2, 0.25) is 0 Å². The van der Waals surface area contributed by atoms with Crippen LogP contribution in [0.25, 0.3) is 0 Å². The van der Waals surface area contributed by atoms with Crippen LogP contribution in [-0.2, 0) is 35.3 Å². The van der Waals surface area contributed by atoms with Crippen molar-refractivity contribution < 1.29 is 19.1 Å². The largest absolute Gasteiger partial charge is 0.423 e. The second-order valence-electron chi connectivity index (χ2n) is 7.43. The molecule has 0 amide bonds. The fraction of sp³-hybridized carbons (Fsp3) is 0.308. The number of carbonyl (C=O) groups is 2. The molecule has 0 radical (unpaired) electrons. The van der Waals surface area contributed by atoms with Crippen molar-refractivity contribution in [1.82, 2.24) is 0 Å². The zero-order chi connectivity index (χ0) is 22.3. The Hall–Kier alpha value is -3.14. The van der Waals surface area contributed by atoms with E-state index in [1.807, 2.05) is 31.2 Å². The highest BCUT2D eigenvalue weighted by atomic mass is 16.5. The molecule has 0 unspecified atom stereocenters. The number of carbonyl (C=O) groups excluding carboxylic acids is 2. The van der Waals surface area contributed by atoms with Crippen LogP contribution >= 0.6 is 0 Å². The van der Waals surface area contributed by atoms with Crippen molar-refractivity contribution in [3.63, 3.8) is 0 Å². The third kappa shape index (κ3) is 6.18. The molecule has 0 aliphatic heterocycles. The van der Waals surface area contributed by atoms with Crippen molar-refractivity contribution in [2.24, 2.45) is 0 Å². The van der Waals surface area contributed by atoms with Crippen LogP contribution in [0.2, 0.25) is 0 Å². The van der Waals surface area contributed by atoms with Gasteiger partial charge in [-0.05, 0) is 73.9 Å². The second-order valence-corrected chi connectivity index (χ2v) is 7.43. The van der Waals surface area contributed by atoms with E-state index in [4.69, 9.17) is 9.47 Å². The second kappa shape index (κ2) is 10.6. The van der Waals surface area contributed by atoms with E-state index >= 15 is 0 Å². The minimum Gasteiger partial charge on any atom is -0.423 e. The molecular formula is C26H30O4. The van der Waals surface area contributed by atoms with E-state index in [9.17, 15) is 9.59 Å². The van der Waals surface area contributed by atoms with Crippen LogP contribution in [-0.4, -0.2) is 11.9 Å². The maximum Gasteiger partial charge on any atom is 0.338 e. The van der Waals surface area contributed by atoms with E-state index in [1.54, 1.807) is 13.8 Å². The fourth-order valence-electron chi connectivity index (χ4n) is 2.96. The lowest BCUT2D eigenvalue weighted by molar-refractivity contribution is -0.131. The molecule has 0 fully saturated rings. The Morgan fingerprint density at radius 3 is 1.73 bits per heavy atom. The molecule has 0 heterocycles. The molecule has 4 nitrogen and oxygen atoms in total. The van der Waals surface area contributed by atoms with Crippen LogP contribution in [0.4, 0.5) is 0 Å². The fourth-order valence-corrected chi connectivity index (χ4v) is 2.96. The van der Waals surface area contributed by atoms with Gasteiger partial charge in [0.15, 0.2) is 0 Å². The van der Waals surface area contributed by atoms with Gasteiger partial charge in [-0.1, -0.05) is 51.3 Å². The van der Waals surface area contributed by atoms with Gasteiger partial charge in [-0.25, -0.2) is 9.59 Å². The van der Waals surface area contributed by atoms with Gasteiger partial charge < -0.3 is 9.47 Å². The Balaban J connectivity index is 2.21. The maximum absolute atomic E-state index is 12.0. The third-order valence-electron chi connectivity index (χ3n) is 4.82. The van der Waals surface area contributed by atoms with Crippen LogP contribution < -0.4 is 9.47 Å². The molecule has 0 bridgehead atoms. The van der Waals surface area contributed by atoms with Crippen LogP contribution in [0.1, 0.15) is 49.9 Å². The van der Waals surface area contributed by atoms with Crippen molar-refractivity contribution in [3.8, 4) is 11.5 Å². The summed E-state index contributed by atoms with van der Waals surface area (Å²) >= 11 is 0. The predicted octanol–water partition coefficient (Wildman–Crippen LogP) is 5.56. The van der Waals surface area contributed by atoms with Gasteiger partial charge in [0.05, 0.1) is 0 Å². The highest BCUT2D eigenvalue weighted by molar-refractivity contribution is 5.89. The Kier molecular flexibility index (Phi) is 8.16. The molecule has 2 aromatic rings. The molecule has 0 aliphatic rings. The Bertz CT molecular complexity index is 969. The molecule has 0 N–H and O–H groups in total. The number of hydrogen-bond acceptors (Lipinski definition) is 4. The molecule has 158 valence electrons. The summed E-state index contributed by atoms with van der Waals surface area (Å²) in [4.78, 5) is 23.8. The average Bonchev–Trinajstić information content (AvgIpc) is 2.73. The monoisotopic (exact) mass is 406 g/mol. The molecule has 0 aromatic heterocycles. The van der Waals surface area contributed by atoms with Crippen LogP contribution in [0.5, 0.6) is 11.5 Å². The average molecular weight is 407 g/mol. The predicted molar refractivity (Wildman–Crippen MR) is 120 cm³/mol. The van der Waals surface area contributed by atoms with Gasteiger partial charge in [-0.2, -0.15) is 0 Å². The smallest absolute Gasteiger partial charge is 0.338 e. The van der Waals surface area contributed by atoms with Gasteiger partial charge >= 0.3 is 11.9 Å². The van der Waals surface area contributed by atoms with E-state index in [1.165, 1.54) is 5.56 Å². The highest BCUT2D eigenvalue weighted by Crippen LogP contribution is 2.26. The van der Waals surface area contributed by atoms with Gasteiger partial charge in [-0.3, -0.25) is 0 Å². The summed E-state index contributed by atoms with van der Waals surface area (Å²) < 4.78 is 10.9. The summed E-state index contributed by atoms with van der Waals surface area (Å²) in [6, 6.07) is 11.8. The van der Waals surface area contributed by atoms with Gasteiger partial charge in [0, 0.05) is 11.1 Å². The molecule has 4 heteroatoms. The third-order valence-corrected chi connectivity index (χ3v) is 4.82. The van der Waals surface area contributed by atoms with E-state index in [-0.39, 0.29) is 0 Å². The van der Waals surface area contributed by atoms with E-state index in [0.717, 1.165) is 42.4 Å². The lowest BCUT2D eigenvalue weighted by Gasteiger charge is -2.13. The van der Waals surface area contributed by atoms with Crippen LogP contribution in [0, 0.1) is 0 Å². The zero-order valence-corrected chi connectivity index (χ0v) is 18.3. The first-order valence-corrected chi connectivity index (χ1v) is 10.2. The standard InChI is InChI=1S/C26H30O4/c1-7-19-10-13-24(30-26(28)18(5)6)22(15-19)12-9-20-11-14-23(21(8-2)16-20)29-25(27)17(3)4/h10-11,13-16H,3,5,7-9,12H2,1-2,4,6H3. The molecule has 2 rings (SSSR count). The number of rotatable bonds is 9. The van der Waals surface area contributed by atoms with Crippen LogP contribution in [0.15, 0.2) is 60.7 Å². The van der Waals surface area contributed by atoms with Crippen LogP contribution in [0.3, 0.4) is 0 Å². The summed E-state index contributed by atoms with van der Waals surface area (Å²) in [6.07, 6.45) is 3.15. The number of esters is 2. The molecule has 30 heavy (non-hydrogen) atoms. The summed E-state index contributed by atoms with van der Waals surface area (Å²) in [6.45, 7) is 14.7. The van der Waals surface area contributed by atoms with E-state index < -0.39 is 11.9 Å². The Morgan fingerprint density at radius 1 is 0.733 bits per heavy atom. The Morgan fingerprint density at radius 2 is 1.23 bits per heavy atom.